The molecule has 0 atom stereocenters. The van der Waals surface area contributed by atoms with E-state index in [1.165, 1.54) is 22.3 Å². The molecule has 0 bridgehead atoms. The van der Waals surface area contributed by atoms with Crippen molar-refractivity contribution >= 4 is 5.69 Å². The normalized spacial score (nSPS) is 12.9. The molecule has 1 aliphatic carbocycles. The van der Waals surface area contributed by atoms with Crippen LogP contribution in [0, 0.1) is 0 Å². The van der Waals surface area contributed by atoms with Crippen LogP contribution in [0.15, 0.2) is 42.5 Å². The van der Waals surface area contributed by atoms with E-state index in [1.54, 1.807) is 0 Å². The van der Waals surface area contributed by atoms with E-state index in [0.717, 1.165) is 25.1 Å². The van der Waals surface area contributed by atoms with E-state index in [9.17, 15) is 5.11 Å². The Morgan fingerprint density at radius 3 is 2.60 bits per heavy atom. The average Bonchev–Trinajstić information content (AvgIpc) is 2.74. The molecule has 20 heavy (non-hydrogen) atoms. The minimum atomic E-state index is -0.611. The van der Waals surface area contributed by atoms with E-state index in [2.05, 4.69) is 47.8 Å². The molecule has 2 heteroatoms. The van der Waals surface area contributed by atoms with E-state index in [-0.39, 0.29) is 0 Å². The maximum absolute atomic E-state index is 9.73. The molecule has 0 saturated heterocycles. The van der Waals surface area contributed by atoms with Crippen molar-refractivity contribution in [1.82, 2.24) is 0 Å². The molecule has 0 amide bonds. The predicted molar refractivity (Wildman–Crippen MR) is 84.1 cm³/mol. The van der Waals surface area contributed by atoms with Gasteiger partial charge in [0, 0.05) is 12.2 Å². The van der Waals surface area contributed by atoms with Crippen molar-refractivity contribution in [3.8, 4) is 11.1 Å². The highest BCUT2D eigenvalue weighted by molar-refractivity contribution is 5.78. The van der Waals surface area contributed by atoms with Crippen LogP contribution in [0.1, 0.15) is 31.4 Å². The molecule has 0 radical (unpaired) electrons. The lowest BCUT2D eigenvalue weighted by atomic mass is 10.0. The highest BCUT2D eigenvalue weighted by Crippen LogP contribution is 2.37. The van der Waals surface area contributed by atoms with Crippen molar-refractivity contribution in [3.05, 3.63) is 53.6 Å². The van der Waals surface area contributed by atoms with Gasteiger partial charge in [0.1, 0.15) is 0 Å². The zero-order valence-corrected chi connectivity index (χ0v) is 12.1. The Morgan fingerprint density at radius 2 is 1.80 bits per heavy atom. The number of benzene rings is 2. The summed E-state index contributed by atoms with van der Waals surface area (Å²) in [6.45, 7) is 4.47. The van der Waals surface area contributed by atoms with Crippen LogP contribution in [0.3, 0.4) is 0 Å². The van der Waals surface area contributed by atoms with E-state index in [0.29, 0.717) is 0 Å². The van der Waals surface area contributed by atoms with Gasteiger partial charge in [-0.15, -0.1) is 0 Å². The van der Waals surface area contributed by atoms with E-state index >= 15 is 0 Å². The molecule has 0 spiro atoms. The second kappa shape index (κ2) is 4.95. The average molecular weight is 267 g/mol. The number of anilines is 1. The van der Waals surface area contributed by atoms with Crippen molar-refractivity contribution in [1.29, 1.82) is 0 Å². The summed E-state index contributed by atoms with van der Waals surface area (Å²) in [7, 11) is 0. The van der Waals surface area contributed by atoms with Gasteiger partial charge >= 0.3 is 0 Å². The highest BCUT2D eigenvalue weighted by Gasteiger charge is 2.18. The van der Waals surface area contributed by atoms with Crippen molar-refractivity contribution in [2.45, 2.75) is 32.3 Å². The minimum absolute atomic E-state index is 0.611. The first-order valence-electron chi connectivity index (χ1n) is 7.20. The van der Waals surface area contributed by atoms with Crippen LogP contribution in [-0.4, -0.2) is 17.3 Å². The van der Waals surface area contributed by atoms with Crippen LogP contribution in [0.4, 0.5) is 5.69 Å². The molecule has 104 valence electrons. The molecular formula is C18H21NO. The van der Waals surface area contributed by atoms with Gasteiger partial charge in [-0.3, -0.25) is 0 Å². The number of hydrogen-bond acceptors (Lipinski definition) is 2. The van der Waals surface area contributed by atoms with Gasteiger partial charge in [0.15, 0.2) is 0 Å². The molecule has 0 unspecified atom stereocenters. The summed E-state index contributed by atoms with van der Waals surface area (Å²) in [5, 5.41) is 13.1. The van der Waals surface area contributed by atoms with E-state index in [1.807, 2.05) is 13.8 Å². The first kappa shape index (κ1) is 13.2. The first-order chi connectivity index (χ1) is 9.53. The first-order valence-corrected chi connectivity index (χ1v) is 7.20. The van der Waals surface area contributed by atoms with Crippen LogP contribution in [0.5, 0.6) is 0 Å². The molecular weight excluding hydrogens is 246 g/mol. The zero-order valence-electron chi connectivity index (χ0n) is 12.1. The summed E-state index contributed by atoms with van der Waals surface area (Å²) < 4.78 is 0. The monoisotopic (exact) mass is 267 g/mol. The highest BCUT2D eigenvalue weighted by atomic mass is 16.3. The van der Waals surface area contributed by atoms with E-state index < -0.39 is 5.60 Å². The van der Waals surface area contributed by atoms with E-state index in [4.69, 9.17) is 0 Å². The summed E-state index contributed by atoms with van der Waals surface area (Å²) in [5.41, 5.74) is 6.05. The third-order valence-electron chi connectivity index (χ3n) is 3.86. The lowest BCUT2D eigenvalue weighted by Gasteiger charge is -2.17. The summed E-state index contributed by atoms with van der Waals surface area (Å²) in [5.74, 6) is 0. The van der Waals surface area contributed by atoms with Crippen LogP contribution in [0.2, 0.25) is 0 Å². The molecule has 2 aromatic carbocycles. The van der Waals surface area contributed by atoms with Gasteiger partial charge in [0.25, 0.3) is 0 Å². The topological polar surface area (TPSA) is 32.3 Å². The lowest BCUT2D eigenvalue weighted by molar-refractivity contribution is 0.0749. The number of nitrogens with one attached hydrogen (secondary N) is 1. The van der Waals surface area contributed by atoms with Gasteiger partial charge in [-0.2, -0.15) is 0 Å². The fourth-order valence-electron chi connectivity index (χ4n) is 2.77. The maximum atomic E-state index is 9.73. The summed E-state index contributed by atoms with van der Waals surface area (Å²) in [6.07, 6.45) is 1.76. The maximum Gasteiger partial charge on any atom is 0.0608 e. The Balaban J connectivity index is 1.74. The molecule has 2 N–H and O–H groups in total. The molecule has 0 aliphatic heterocycles. The molecule has 3 rings (SSSR count). The number of hydrogen-bond donors (Lipinski definition) is 2. The Hall–Kier alpha value is -1.80. The minimum Gasteiger partial charge on any atom is -0.390 e. The molecule has 0 saturated carbocycles. The fourth-order valence-corrected chi connectivity index (χ4v) is 2.77. The molecule has 2 aromatic rings. The second-order valence-corrected chi connectivity index (χ2v) is 6.20. The summed E-state index contributed by atoms with van der Waals surface area (Å²) >= 11 is 0. The van der Waals surface area contributed by atoms with Crippen LogP contribution in [-0.2, 0) is 6.42 Å². The van der Waals surface area contributed by atoms with Crippen molar-refractivity contribution < 1.29 is 5.11 Å². The van der Waals surface area contributed by atoms with Gasteiger partial charge in [-0.05, 0) is 61.1 Å². The Labute approximate surface area is 120 Å². The lowest BCUT2D eigenvalue weighted by Crippen LogP contribution is -2.22. The SMILES string of the molecule is CC(C)(O)CCNc1ccc2c(c1)Cc1ccccc1-2. The standard InChI is InChI=1S/C18H21NO/c1-18(2,20)9-10-19-15-7-8-17-14(12-15)11-13-5-3-4-6-16(13)17/h3-8,12,19-20H,9-11H2,1-2H3. The van der Waals surface area contributed by atoms with Gasteiger partial charge in [0.05, 0.1) is 5.60 Å². The quantitative estimate of drug-likeness (QED) is 0.753. The molecule has 0 aromatic heterocycles. The summed E-state index contributed by atoms with van der Waals surface area (Å²) in [4.78, 5) is 0. The Bertz CT molecular complexity index is 626. The molecule has 0 heterocycles. The zero-order chi connectivity index (χ0) is 14.2. The van der Waals surface area contributed by atoms with Crippen molar-refractivity contribution in [3.63, 3.8) is 0 Å². The van der Waals surface area contributed by atoms with Crippen LogP contribution in [0.25, 0.3) is 11.1 Å². The largest absolute Gasteiger partial charge is 0.390 e. The van der Waals surface area contributed by atoms with Gasteiger partial charge in [-0.1, -0.05) is 30.3 Å². The smallest absolute Gasteiger partial charge is 0.0608 e. The van der Waals surface area contributed by atoms with Crippen molar-refractivity contribution in [2.75, 3.05) is 11.9 Å². The molecule has 2 nitrogen and oxygen atoms in total. The van der Waals surface area contributed by atoms with Gasteiger partial charge < -0.3 is 10.4 Å². The van der Waals surface area contributed by atoms with Gasteiger partial charge in [-0.25, -0.2) is 0 Å². The Kier molecular flexibility index (Phi) is 3.27. The number of aliphatic hydroxyl groups is 1. The molecule has 0 fully saturated rings. The number of fused-ring (bicyclic) bond motifs is 3. The van der Waals surface area contributed by atoms with Gasteiger partial charge in [0.2, 0.25) is 0 Å². The Morgan fingerprint density at radius 1 is 1.05 bits per heavy atom. The third kappa shape index (κ3) is 2.70. The number of rotatable bonds is 4. The summed E-state index contributed by atoms with van der Waals surface area (Å²) in [6, 6.07) is 15.2. The predicted octanol–water partition coefficient (Wildman–Crippen LogP) is 3.83. The third-order valence-corrected chi connectivity index (χ3v) is 3.86. The van der Waals surface area contributed by atoms with Crippen molar-refractivity contribution in [2.24, 2.45) is 0 Å². The molecule has 1 aliphatic rings. The van der Waals surface area contributed by atoms with Crippen LogP contribution >= 0.6 is 0 Å². The van der Waals surface area contributed by atoms with Crippen LogP contribution < -0.4 is 5.32 Å². The fraction of sp³-hybridized carbons (Fsp3) is 0.333. The second-order valence-electron chi connectivity index (χ2n) is 6.20.